The molecule has 0 bridgehead atoms. The van der Waals surface area contributed by atoms with Crippen LogP contribution in [0.15, 0.2) is 6.20 Å². The van der Waals surface area contributed by atoms with E-state index in [-0.39, 0.29) is 11.8 Å². The standard InChI is InChI=1S/C17H26N4O2/c1-17(2)7-4-11(5-8-17)16(23)21-9-6-13-12(10-19-20(13)3)14(21)15(18)22/h10-11,14H,4-9H2,1-3H3,(H2,18,22). The van der Waals surface area contributed by atoms with E-state index in [1.165, 1.54) is 0 Å². The fourth-order valence-electron chi connectivity index (χ4n) is 3.96. The lowest BCUT2D eigenvalue weighted by Crippen LogP contribution is -2.48. The second-order valence-corrected chi connectivity index (χ2v) is 7.70. The molecule has 1 aliphatic heterocycles. The Kier molecular flexibility index (Phi) is 3.94. The van der Waals surface area contributed by atoms with Gasteiger partial charge in [-0.15, -0.1) is 0 Å². The summed E-state index contributed by atoms with van der Waals surface area (Å²) in [6.07, 6.45) is 6.29. The molecular weight excluding hydrogens is 292 g/mol. The van der Waals surface area contributed by atoms with Gasteiger partial charge in [0.25, 0.3) is 0 Å². The van der Waals surface area contributed by atoms with Crippen LogP contribution in [0.25, 0.3) is 0 Å². The Morgan fingerprint density at radius 3 is 2.57 bits per heavy atom. The molecule has 1 atom stereocenters. The van der Waals surface area contributed by atoms with Crippen LogP contribution >= 0.6 is 0 Å². The Morgan fingerprint density at radius 1 is 1.30 bits per heavy atom. The van der Waals surface area contributed by atoms with Crippen molar-refractivity contribution in [1.82, 2.24) is 14.7 Å². The summed E-state index contributed by atoms with van der Waals surface area (Å²) >= 11 is 0. The molecule has 1 unspecified atom stereocenters. The fourth-order valence-corrected chi connectivity index (χ4v) is 3.96. The largest absolute Gasteiger partial charge is 0.368 e. The molecule has 0 saturated heterocycles. The number of hydrogen-bond donors (Lipinski definition) is 1. The van der Waals surface area contributed by atoms with Gasteiger partial charge < -0.3 is 10.6 Å². The number of carbonyl (C=O) groups is 2. The Balaban J connectivity index is 1.82. The maximum atomic E-state index is 13.0. The van der Waals surface area contributed by atoms with Crippen LogP contribution < -0.4 is 5.73 Å². The molecule has 6 heteroatoms. The minimum Gasteiger partial charge on any atom is -0.368 e. The molecule has 2 amide bonds. The van der Waals surface area contributed by atoms with E-state index in [1.807, 2.05) is 7.05 Å². The van der Waals surface area contributed by atoms with Crippen LogP contribution in [0.2, 0.25) is 0 Å². The van der Waals surface area contributed by atoms with Crippen molar-refractivity contribution in [3.63, 3.8) is 0 Å². The molecule has 0 radical (unpaired) electrons. The SMILES string of the molecule is Cn1ncc2c1CCN(C(=O)C1CCC(C)(C)CC1)C2C(N)=O. The summed E-state index contributed by atoms with van der Waals surface area (Å²) in [6.45, 7) is 5.05. The lowest BCUT2D eigenvalue weighted by Gasteiger charge is -2.39. The van der Waals surface area contributed by atoms with Crippen LogP contribution in [0.5, 0.6) is 0 Å². The number of carbonyl (C=O) groups excluding carboxylic acids is 2. The highest BCUT2D eigenvalue weighted by atomic mass is 16.2. The molecule has 1 aromatic rings. The summed E-state index contributed by atoms with van der Waals surface area (Å²) in [4.78, 5) is 26.7. The zero-order valence-electron chi connectivity index (χ0n) is 14.2. The summed E-state index contributed by atoms with van der Waals surface area (Å²) in [5, 5.41) is 4.23. The highest BCUT2D eigenvalue weighted by molar-refractivity contribution is 5.89. The van der Waals surface area contributed by atoms with Gasteiger partial charge in [0.1, 0.15) is 6.04 Å². The smallest absolute Gasteiger partial charge is 0.245 e. The van der Waals surface area contributed by atoms with Gasteiger partial charge in [-0.3, -0.25) is 14.3 Å². The summed E-state index contributed by atoms with van der Waals surface area (Å²) in [5.41, 5.74) is 7.73. The van der Waals surface area contributed by atoms with Gasteiger partial charge in [-0.25, -0.2) is 0 Å². The first-order chi connectivity index (χ1) is 10.8. The van der Waals surface area contributed by atoms with E-state index in [4.69, 9.17) is 5.73 Å². The average Bonchev–Trinajstić information content (AvgIpc) is 2.87. The molecule has 2 heterocycles. The molecule has 1 aliphatic carbocycles. The predicted octanol–water partition coefficient (Wildman–Crippen LogP) is 1.55. The van der Waals surface area contributed by atoms with E-state index in [0.717, 1.165) is 43.4 Å². The van der Waals surface area contributed by atoms with E-state index >= 15 is 0 Å². The average molecular weight is 318 g/mol. The van der Waals surface area contributed by atoms with Gasteiger partial charge in [-0.1, -0.05) is 13.8 Å². The molecular formula is C17H26N4O2. The number of primary amides is 1. The highest BCUT2D eigenvalue weighted by Gasteiger charge is 2.40. The predicted molar refractivity (Wildman–Crippen MR) is 86.3 cm³/mol. The third-order valence-corrected chi connectivity index (χ3v) is 5.53. The Bertz CT molecular complexity index is 625. The fraction of sp³-hybridized carbons (Fsp3) is 0.706. The quantitative estimate of drug-likeness (QED) is 0.898. The number of nitrogens with zero attached hydrogens (tertiary/aromatic N) is 3. The van der Waals surface area contributed by atoms with Gasteiger partial charge >= 0.3 is 0 Å². The summed E-state index contributed by atoms with van der Waals surface area (Å²) in [6, 6.07) is -0.671. The van der Waals surface area contributed by atoms with Crippen molar-refractivity contribution in [3.05, 3.63) is 17.5 Å². The minimum atomic E-state index is -0.671. The molecule has 0 spiro atoms. The number of fused-ring (bicyclic) bond motifs is 1. The first-order valence-electron chi connectivity index (χ1n) is 8.41. The van der Waals surface area contributed by atoms with Crippen LogP contribution in [-0.2, 0) is 23.1 Å². The summed E-state index contributed by atoms with van der Waals surface area (Å²) in [5.74, 6) is -0.370. The van der Waals surface area contributed by atoms with Gasteiger partial charge in [0.15, 0.2) is 0 Å². The van der Waals surface area contributed by atoms with E-state index in [0.29, 0.717) is 12.0 Å². The number of amides is 2. The normalized spacial score (nSPS) is 24.3. The monoisotopic (exact) mass is 318 g/mol. The molecule has 2 N–H and O–H groups in total. The van der Waals surface area contributed by atoms with Crippen LogP contribution in [0.4, 0.5) is 0 Å². The molecule has 1 aromatic heterocycles. The Hall–Kier alpha value is -1.85. The van der Waals surface area contributed by atoms with E-state index in [2.05, 4.69) is 18.9 Å². The molecule has 6 nitrogen and oxygen atoms in total. The first kappa shape index (κ1) is 16.0. The number of aryl methyl sites for hydroxylation is 1. The molecule has 23 heavy (non-hydrogen) atoms. The number of hydrogen-bond acceptors (Lipinski definition) is 3. The van der Waals surface area contributed by atoms with Crippen LogP contribution in [0.3, 0.4) is 0 Å². The van der Waals surface area contributed by atoms with Gasteiger partial charge in [0, 0.05) is 37.2 Å². The zero-order valence-corrected chi connectivity index (χ0v) is 14.2. The topological polar surface area (TPSA) is 81.2 Å². The molecule has 1 saturated carbocycles. The van der Waals surface area contributed by atoms with Gasteiger partial charge in [0.05, 0.1) is 6.20 Å². The van der Waals surface area contributed by atoms with Crippen molar-refractivity contribution >= 4 is 11.8 Å². The third-order valence-electron chi connectivity index (χ3n) is 5.53. The molecule has 2 aliphatic rings. The highest BCUT2D eigenvalue weighted by Crippen LogP contribution is 2.40. The second-order valence-electron chi connectivity index (χ2n) is 7.70. The van der Waals surface area contributed by atoms with Crippen LogP contribution in [-0.4, -0.2) is 33.0 Å². The van der Waals surface area contributed by atoms with Gasteiger partial charge in [0.2, 0.25) is 11.8 Å². The van der Waals surface area contributed by atoms with Crippen LogP contribution in [0, 0.1) is 11.3 Å². The molecule has 0 aromatic carbocycles. The first-order valence-corrected chi connectivity index (χ1v) is 8.41. The number of nitrogens with two attached hydrogens (primary N) is 1. The number of rotatable bonds is 2. The zero-order chi connectivity index (χ0) is 16.8. The van der Waals surface area contributed by atoms with E-state index in [9.17, 15) is 9.59 Å². The molecule has 126 valence electrons. The van der Waals surface area contributed by atoms with Crippen molar-refractivity contribution in [2.45, 2.75) is 52.0 Å². The van der Waals surface area contributed by atoms with Crippen molar-refractivity contribution in [1.29, 1.82) is 0 Å². The Morgan fingerprint density at radius 2 is 1.96 bits per heavy atom. The van der Waals surface area contributed by atoms with Crippen molar-refractivity contribution in [2.75, 3.05) is 6.54 Å². The second kappa shape index (κ2) is 5.65. The molecule has 1 fully saturated rings. The maximum Gasteiger partial charge on any atom is 0.245 e. The number of aromatic nitrogens is 2. The minimum absolute atomic E-state index is 0.0168. The lowest BCUT2D eigenvalue weighted by molar-refractivity contribution is -0.145. The van der Waals surface area contributed by atoms with E-state index < -0.39 is 11.9 Å². The van der Waals surface area contributed by atoms with Crippen molar-refractivity contribution in [2.24, 2.45) is 24.1 Å². The molecule has 3 rings (SSSR count). The van der Waals surface area contributed by atoms with Crippen molar-refractivity contribution < 1.29 is 9.59 Å². The van der Waals surface area contributed by atoms with Gasteiger partial charge in [-0.05, 0) is 31.1 Å². The summed E-state index contributed by atoms with van der Waals surface area (Å²) < 4.78 is 1.77. The van der Waals surface area contributed by atoms with Gasteiger partial charge in [-0.2, -0.15) is 5.10 Å². The lowest BCUT2D eigenvalue weighted by atomic mass is 9.72. The van der Waals surface area contributed by atoms with Crippen LogP contribution in [0.1, 0.15) is 56.8 Å². The van der Waals surface area contributed by atoms with E-state index in [1.54, 1.807) is 15.8 Å². The maximum absolute atomic E-state index is 13.0. The van der Waals surface area contributed by atoms with Crippen molar-refractivity contribution in [3.8, 4) is 0 Å². The Labute approximate surface area is 137 Å². The third kappa shape index (κ3) is 2.86. The summed E-state index contributed by atoms with van der Waals surface area (Å²) in [7, 11) is 1.86.